The van der Waals surface area contributed by atoms with Gasteiger partial charge in [-0.2, -0.15) is 0 Å². The molecule has 220 valence electrons. The van der Waals surface area contributed by atoms with E-state index in [1.54, 1.807) is 0 Å². The number of nitrogens with zero attached hydrogens (tertiary/aromatic N) is 1. The van der Waals surface area contributed by atoms with Gasteiger partial charge in [-0.1, -0.05) is 103 Å². The molecular weight excluding hydrogens is 574 g/mol. The van der Waals surface area contributed by atoms with Crippen LogP contribution in [0, 0.1) is 0 Å². The quantitative estimate of drug-likeness (QED) is 0.184. The molecule has 3 heteroatoms. The molecule has 0 aliphatic carbocycles. The van der Waals surface area contributed by atoms with Crippen molar-refractivity contribution in [1.29, 1.82) is 0 Å². The topological polar surface area (TPSA) is 29.5 Å². The third-order valence-corrected chi connectivity index (χ3v) is 9.44. The number of benzene rings is 8. The lowest BCUT2D eigenvalue weighted by Gasteiger charge is -2.26. The van der Waals surface area contributed by atoms with E-state index in [2.05, 4.69) is 150 Å². The summed E-state index contributed by atoms with van der Waals surface area (Å²) < 4.78 is 12.8. The van der Waals surface area contributed by atoms with Crippen molar-refractivity contribution < 1.29 is 8.83 Å². The maximum Gasteiger partial charge on any atom is 0.143 e. The first-order chi connectivity index (χ1) is 23.3. The van der Waals surface area contributed by atoms with Crippen LogP contribution in [0.2, 0.25) is 0 Å². The Labute approximate surface area is 270 Å². The second kappa shape index (κ2) is 10.1. The molecule has 0 atom stereocenters. The molecule has 10 aromatic rings. The van der Waals surface area contributed by atoms with Crippen LogP contribution in [-0.4, -0.2) is 0 Å². The van der Waals surface area contributed by atoms with E-state index in [0.717, 1.165) is 61.3 Å². The zero-order valence-corrected chi connectivity index (χ0v) is 25.4. The fourth-order valence-corrected chi connectivity index (χ4v) is 7.18. The van der Waals surface area contributed by atoms with Crippen LogP contribution in [-0.2, 0) is 0 Å². The molecule has 0 amide bonds. The summed E-state index contributed by atoms with van der Waals surface area (Å²) in [4.78, 5) is 2.29. The highest BCUT2D eigenvalue weighted by Crippen LogP contribution is 2.43. The van der Waals surface area contributed by atoms with Gasteiger partial charge in [0.05, 0.1) is 0 Å². The van der Waals surface area contributed by atoms with E-state index < -0.39 is 0 Å². The summed E-state index contributed by atoms with van der Waals surface area (Å²) in [5.41, 5.74) is 11.4. The van der Waals surface area contributed by atoms with Gasteiger partial charge in [0.25, 0.3) is 0 Å². The molecule has 0 fully saturated rings. The molecule has 47 heavy (non-hydrogen) atoms. The van der Waals surface area contributed by atoms with Crippen molar-refractivity contribution in [1.82, 2.24) is 0 Å². The van der Waals surface area contributed by atoms with Gasteiger partial charge in [0, 0.05) is 50.2 Å². The third kappa shape index (κ3) is 4.07. The Morgan fingerprint density at radius 2 is 0.979 bits per heavy atom. The molecule has 0 aliphatic rings. The fraction of sp³-hybridized carbons (Fsp3) is 0. The van der Waals surface area contributed by atoms with Gasteiger partial charge >= 0.3 is 0 Å². The zero-order chi connectivity index (χ0) is 30.9. The fourth-order valence-electron chi connectivity index (χ4n) is 7.18. The van der Waals surface area contributed by atoms with Crippen LogP contribution in [0.4, 0.5) is 17.1 Å². The van der Waals surface area contributed by atoms with Crippen molar-refractivity contribution in [2.75, 3.05) is 4.90 Å². The Kier molecular flexibility index (Phi) is 5.57. The van der Waals surface area contributed by atoms with Crippen molar-refractivity contribution in [2.24, 2.45) is 0 Å². The normalized spacial score (nSPS) is 11.8. The van der Waals surface area contributed by atoms with E-state index in [1.807, 2.05) is 18.2 Å². The van der Waals surface area contributed by atoms with Gasteiger partial charge < -0.3 is 13.7 Å². The third-order valence-electron chi connectivity index (χ3n) is 9.44. The molecular formula is C44H27NO2. The number of para-hydroxylation sites is 1. The first-order valence-electron chi connectivity index (χ1n) is 15.9. The lowest BCUT2D eigenvalue weighted by atomic mass is 9.97. The molecule has 2 aromatic heterocycles. The summed E-state index contributed by atoms with van der Waals surface area (Å²) in [6.45, 7) is 0. The van der Waals surface area contributed by atoms with E-state index in [0.29, 0.717) is 0 Å². The molecule has 10 rings (SSSR count). The van der Waals surface area contributed by atoms with Crippen LogP contribution in [0.5, 0.6) is 0 Å². The largest absolute Gasteiger partial charge is 0.456 e. The SMILES string of the molecule is c1ccc(-c2ccc(N(c3ccc(-c4ccc5ccc6cccc7oc4c5c67)cc3)c3ccc4c(c3)oc3ccccc34)cc2)cc1. The van der Waals surface area contributed by atoms with Gasteiger partial charge in [0.1, 0.15) is 22.3 Å². The van der Waals surface area contributed by atoms with Gasteiger partial charge in [-0.25, -0.2) is 0 Å². The number of hydrogen-bond donors (Lipinski definition) is 0. The van der Waals surface area contributed by atoms with Gasteiger partial charge in [-0.3, -0.25) is 0 Å². The monoisotopic (exact) mass is 601 g/mol. The molecule has 0 bridgehead atoms. The molecule has 0 saturated carbocycles. The Hall–Kier alpha value is -6.32. The van der Waals surface area contributed by atoms with Gasteiger partial charge in [-0.15, -0.1) is 0 Å². The average molecular weight is 602 g/mol. The molecule has 0 aliphatic heterocycles. The zero-order valence-electron chi connectivity index (χ0n) is 25.4. The summed E-state index contributed by atoms with van der Waals surface area (Å²) in [6, 6.07) is 57.8. The minimum absolute atomic E-state index is 0.869. The van der Waals surface area contributed by atoms with E-state index >= 15 is 0 Å². The van der Waals surface area contributed by atoms with E-state index in [1.165, 1.54) is 32.7 Å². The van der Waals surface area contributed by atoms with E-state index in [9.17, 15) is 0 Å². The van der Waals surface area contributed by atoms with E-state index in [4.69, 9.17) is 8.83 Å². The molecule has 0 unspecified atom stereocenters. The number of rotatable bonds is 5. The van der Waals surface area contributed by atoms with Crippen molar-refractivity contribution in [3.63, 3.8) is 0 Å². The first kappa shape index (κ1) is 26.0. The Balaban J connectivity index is 1.10. The minimum Gasteiger partial charge on any atom is -0.456 e. The van der Waals surface area contributed by atoms with Crippen LogP contribution in [0.1, 0.15) is 0 Å². The van der Waals surface area contributed by atoms with E-state index in [-0.39, 0.29) is 0 Å². The minimum atomic E-state index is 0.869. The number of hydrogen-bond acceptors (Lipinski definition) is 3. The highest BCUT2D eigenvalue weighted by atomic mass is 16.3. The highest BCUT2D eigenvalue weighted by molar-refractivity contribution is 6.24. The smallest absolute Gasteiger partial charge is 0.143 e. The Morgan fingerprint density at radius 3 is 1.79 bits per heavy atom. The van der Waals surface area contributed by atoms with Crippen molar-refractivity contribution >= 4 is 71.7 Å². The van der Waals surface area contributed by atoms with Crippen LogP contribution in [0.15, 0.2) is 173 Å². The molecule has 3 nitrogen and oxygen atoms in total. The molecule has 0 saturated heterocycles. The summed E-state index contributed by atoms with van der Waals surface area (Å²) in [5.74, 6) is 0. The van der Waals surface area contributed by atoms with Crippen molar-refractivity contribution in [3.05, 3.63) is 164 Å². The van der Waals surface area contributed by atoms with Crippen LogP contribution in [0.3, 0.4) is 0 Å². The van der Waals surface area contributed by atoms with Gasteiger partial charge in [0.15, 0.2) is 0 Å². The van der Waals surface area contributed by atoms with Gasteiger partial charge in [-0.05, 0) is 82.1 Å². The highest BCUT2D eigenvalue weighted by Gasteiger charge is 2.19. The molecule has 0 radical (unpaired) electrons. The van der Waals surface area contributed by atoms with Gasteiger partial charge in [0.2, 0.25) is 0 Å². The predicted octanol–water partition coefficient (Wildman–Crippen LogP) is 12.9. The second-order valence-electron chi connectivity index (χ2n) is 12.1. The maximum atomic E-state index is 6.51. The molecule has 8 aromatic carbocycles. The van der Waals surface area contributed by atoms with Crippen LogP contribution >= 0.6 is 0 Å². The van der Waals surface area contributed by atoms with Crippen molar-refractivity contribution in [3.8, 4) is 22.3 Å². The standard InChI is InChI=1S/C44H27NO2/c1-2-7-28(8-3-1)29-15-20-33(21-16-29)45(35-24-26-38-37-10-4-5-11-39(37)46-41(38)27-35)34-22-17-30(18-23-34)36-25-19-32-14-13-31-9-6-12-40-42(31)43(32)44(36)47-40/h1-27H. The summed E-state index contributed by atoms with van der Waals surface area (Å²) in [6.07, 6.45) is 0. The first-order valence-corrected chi connectivity index (χ1v) is 15.9. The van der Waals surface area contributed by atoms with Crippen molar-refractivity contribution in [2.45, 2.75) is 0 Å². The maximum absolute atomic E-state index is 6.51. The number of fused-ring (bicyclic) bond motifs is 3. The average Bonchev–Trinajstić information content (AvgIpc) is 3.71. The summed E-state index contributed by atoms with van der Waals surface area (Å²) in [5, 5.41) is 7.04. The Bertz CT molecular complexity index is 2720. The number of furan rings is 2. The van der Waals surface area contributed by atoms with Crippen LogP contribution < -0.4 is 4.90 Å². The lowest BCUT2D eigenvalue weighted by molar-refractivity contribution is 0.669. The lowest BCUT2D eigenvalue weighted by Crippen LogP contribution is -2.09. The molecule has 2 heterocycles. The number of anilines is 3. The second-order valence-corrected chi connectivity index (χ2v) is 12.1. The summed E-state index contributed by atoms with van der Waals surface area (Å²) in [7, 11) is 0. The summed E-state index contributed by atoms with van der Waals surface area (Å²) >= 11 is 0. The predicted molar refractivity (Wildman–Crippen MR) is 195 cm³/mol. The molecule has 0 spiro atoms. The van der Waals surface area contributed by atoms with Crippen LogP contribution in [0.25, 0.3) is 76.9 Å². The Morgan fingerprint density at radius 1 is 0.362 bits per heavy atom. The molecule has 0 N–H and O–H groups in total.